The molecule has 0 bridgehead atoms. The van der Waals surface area contributed by atoms with Crippen molar-refractivity contribution in [3.63, 3.8) is 0 Å². The molecule has 0 saturated heterocycles. The Balaban J connectivity index is 1.84. The summed E-state index contributed by atoms with van der Waals surface area (Å²) in [5.74, 6) is -0.128. The van der Waals surface area contributed by atoms with Crippen LogP contribution in [0.3, 0.4) is 0 Å². The summed E-state index contributed by atoms with van der Waals surface area (Å²) in [6, 6.07) is 5.46. The normalized spacial score (nSPS) is 11.0. The van der Waals surface area contributed by atoms with Gasteiger partial charge in [0.1, 0.15) is 0 Å². The van der Waals surface area contributed by atoms with Gasteiger partial charge in [-0.15, -0.1) is 0 Å². The Kier molecular flexibility index (Phi) is 4.55. The van der Waals surface area contributed by atoms with Crippen LogP contribution in [0, 0.1) is 6.92 Å². The third-order valence-electron chi connectivity index (χ3n) is 4.13. The van der Waals surface area contributed by atoms with Crippen LogP contribution < -0.4 is 5.32 Å². The van der Waals surface area contributed by atoms with E-state index in [1.54, 1.807) is 18.3 Å². The summed E-state index contributed by atoms with van der Waals surface area (Å²) >= 11 is 0. The van der Waals surface area contributed by atoms with Crippen molar-refractivity contribution in [2.45, 2.75) is 40.2 Å². The van der Waals surface area contributed by atoms with Crippen molar-refractivity contribution < 1.29 is 4.79 Å². The van der Waals surface area contributed by atoms with E-state index in [9.17, 15) is 4.79 Å². The Hall–Kier alpha value is -2.76. The molecule has 0 radical (unpaired) electrons. The number of nitrogens with one attached hydrogen (secondary N) is 2. The molecule has 0 spiro atoms. The van der Waals surface area contributed by atoms with E-state index >= 15 is 0 Å². The Morgan fingerprint density at radius 3 is 2.46 bits per heavy atom. The number of carbonyl (C=O) groups is 1. The standard InChI is InChI=1S/C18H21N5O/c1-4-14-15(5-2)22-17-8-12(6-7-16(17)21-14)18(24)19-9-13-10-20-23-11(13)3/h6-8,10H,4-5,9H2,1-3H3,(H,19,24)(H,20,23). The molecule has 0 aliphatic rings. The summed E-state index contributed by atoms with van der Waals surface area (Å²) in [6.45, 7) is 6.52. The fourth-order valence-corrected chi connectivity index (χ4v) is 2.67. The van der Waals surface area contributed by atoms with Gasteiger partial charge < -0.3 is 5.32 Å². The predicted octanol–water partition coefficient (Wildman–Crippen LogP) is 2.72. The summed E-state index contributed by atoms with van der Waals surface area (Å²) in [6.07, 6.45) is 3.42. The number of rotatable bonds is 5. The molecule has 6 nitrogen and oxygen atoms in total. The minimum atomic E-state index is -0.128. The van der Waals surface area contributed by atoms with Crippen LogP contribution in [0.4, 0.5) is 0 Å². The SMILES string of the molecule is CCc1nc2ccc(C(=O)NCc3cn[nH]c3C)cc2nc1CC. The second-order valence-electron chi connectivity index (χ2n) is 5.73. The van der Waals surface area contributed by atoms with E-state index in [0.717, 1.165) is 46.5 Å². The van der Waals surface area contributed by atoms with Gasteiger partial charge in [-0.25, -0.2) is 9.97 Å². The molecule has 0 fully saturated rings. The molecule has 1 amide bonds. The van der Waals surface area contributed by atoms with Crippen molar-refractivity contribution in [2.24, 2.45) is 0 Å². The minimum Gasteiger partial charge on any atom is -0.348 e. The highest BCUT2D eigenvalue weighted by Gasteiger charge is 2.11. The monoisotopic (exact) mass is 323 g/mol. The smallest absolute Gasteiger partial charge is 0.251 e. The first kappa shape index (κ1) is 16.1. The molecule has 3 aromatic rings. The molecule has 6 heteroatoms. The lowest BCUT2D eigenvalue weighted by Crippen LogP contribution is -2.23. The summed E-state index contributed by atoms with van der Waals surface area (Å²) in [4.78, 5) is 21.7. The van der Waals surface area contributed by atoms with Crippen LogP contribution in [0.5, 0.6) is 0 Å². The summed E-state index contributed by atoms with van der Waals surface area (Å²) in [5, 5.41) is 9.73. The Morgan fingerprint density at radius 1 is 1.12 bits per heavy atom. The number of benzene rings is 1. The van der Waals surface area contributed by atoms with Gasteiger partial charge in [-0.1, -0.05) is 13.8 Å². The van der Waals surface area contributed by atoms with Crippen LogP contribution in [-0.4, -0.2) is 26.1 Å². The van der Waals surface area contributed by atoms with Gasteiger partial charge in [0.2, 0.25) is 0 Å². The fourth-order valence-electron chi connectivity index (χ4n) is 2.67. The van der Waals surface area contributed by atoms with Crippen molar-refractivity contribution in [1.29, 1.82) is 0 Å². The van der Waals surface area contributed by atoms with E-state index in [-0.39, 0.29) is 5.91 Å². The van der Waals surface area contributed by atoms with Crippen LogP contribution in [0.15, 0.2) is 24.4 Å². The van der Waals surface area contributed by atoms with Crippen LogP contribution in [0.2, 0.25) is 0 Å². The lowest BCUT2D eigenvalue weighted by atomic mass is 10.1. The third kappa shape index (κ3) is 3.13. The average Bonchev–Trinajstić information content (AvgIpc) is 3.02. The molecule has 2 N–H and O–H groups in total. The number of hydrogen-bond donors (Lipinski definition) is 2. The molecule has 0 aliphatic carbocycles. The van der Waals surface area contributed by atoms with E-state index in [0.29, 0.717) is 12.1 Å². The maximum atomic E-state index is 12.4. The van der Waals surface area contributed by atoms with Gasteiger partial charge in [-0.3, -0.25) is 9.89 Å². The molecule has 0 saturated carbocycles. The quantitative estimate of drug-likeness (QED) is 0.756. The van der Waals surface area contributed by atoms with Crippen molar-refractivity contribution in [2.75, 3.05) is 0 Å². The number of aromatic amines is 1. The third-order valence-corrected chi connectivity index (χ3v) is 4.13. The van der Waals surface area contributed by atoms with E-state index in [1.165, 1.54) is 0 Å². The highest BCUT2D eigenvalue weighted by molar-refractivity contribution is 5.97. The molecular weight excluding hydrogens is 302 g/mol. The van der Waals surface area contributed by atoms with Crippen LogP contribution in [0.1, 0.15) is 46.9 Å². The molecule has 2 heterocycles. The van der Waals surface area contributed by atoms with Crippen molar-refractivity contribution in [1.82, 2.24) is 25.5 Å². The van der Waals surface area contributed by atoms with Gasteiger partial charge in [-0.05, 0) is 38.0 Å². The van der Waals surface area contributed by atoms with E-state index in [1.807, 2.05) is 13.0 Å². The lowest BCUT2D eigenvalue weighted by Gasteiger charge is -2.08. The van der Waals surface area contributed by atoms with Gasteiger partial charge in [0.15, 0.2) is 0 Å². The van der Waals surface area contributed by atoms with Gasteiger partial charge >= 0.3 is 0 Å². The van der Waals surface area contributed by atoms with E-state index in [2.05, 4.69) is 39.3 Å². The zero-order valence-corrected chi connectivity index (χ0v) is 14.2. The number of aromatic nitrogens is 4. The van der Waals surface area contributed by atoms with Crippen LogP contribution >= 0.6 is 0 Å². The zero-order valence-electron chi connectivity index (χ0n) is 14.2. The number of nitrogens with zero attached hydrogens (tertiary/aromatic N) is 3. The lowest BCUT2D eigenvalue weighted by molar-refractivity contribution is 0.0951. The molecule has 0 unspecified atom stereocenters. The van der Waals surface area contributed by atoms with Crippen molar-refractivity contribution in [3.8, 4) is 0 Å². The molecule has 2 aromatic heterocycles. The molecular formula is C18H21N5O. The number of fused-ring (bicyclic) bond motifs is 1. The average molecular weight is 323 g/mol. The molecule has 0 aliphatic heterocycles. The topological polar surface area (TPSA) is 83.6 Å². The minimum absolute atomic E-state index is 0.128. The summed E-state index contributed by atoms with van der Waals surface area (Å²) in [5.41, 5.74) is 6.13. The van der Waals surface area contributed by atoms with Gasteiger partial charge in [0, 0.05) is 23.4 Å². The first-order chi connectivity index (χ1) is 11.6. The molecule has 124 valence electrons. The van der Waals surface area contributed by atoms with Crippen LogP contribution in [-0.2, 0) is 19.4 Å². The number of carbonyl (C=O) groups excluding carboxylic acids is 1. The Bertz CT molecular complexity index is 884. The van der Waals surface area contributed by atoms with Crippen molar-refractivity contribution in [3.05, 3.63) is 52.6 Å². The van der Waals surface area contributed by atoms with E-state index in [4.69, 9.17) is 0 Å². The molecule has 3 rings (SSSR count). The Labute approximate surface area is 140 Å². The second kappa shape index (κ2) is 6.78. The van der Waals surface area contributed by atoms with Gasteiger partial charge in [0.05, 0.1) is 28.6 Å². The zero-order chi connectivity index (χ0) is 17.1. The molecule has 24 heavy (non-hydrogen) atoms. The molecule has 0 atom stereocenters. The highest BCUT2D eigenvalue weighted by Crippen LogP contribution is 2.16. The Morgan fingerprint density at radius 2 is 1.83 bits per heavy atom. The summed E-state index contributed by atoms with van der Waals surface area (Å²) in [7, 11) is 0. The fraction of sp³-hybridized carbons (Fsp3) is 0.333. The number of hydrogen-bond acceptors (Lipinski definition) is 4. The molecule has 1 aromatic carbocycles. The highest BCUT2D eigenvalue weighted by atomic mass is 16.1. The first-order valence-corrected chi connectivity index (χ1v) is 8.19. The number of amides is 1. The maximum Gasteiger partial charge on any atom is 0.251 e. The number of H-pyrrole nitrogens is 1. The van der Waals surface area contributed by atoms with Crippen molar-refractivity contribution >= 4 is 16.9 Å². The van der Waals surface area contributed by atoms with Gasteiger partial charge in [-0.2, -0.15) is 5.10 Å². The van der Waals surface area contributed by atoms with Gasteiger partial charge in [0.25, 0.3) is 5.91 Å². The van der Waals surface area contributed by atoms with E-state index < -0.39 is 0 Å². The summed E-state index contributed by atoms with van der Waals surface area (Å²) < 4.78 is 0. The second-order valence-corrected chi connectivity index (χ2v) is 5.73. The van der Waals surface area contributed by atoms with Crippen LogP contribution in [0.25, 0.3) is 11.0 Å². The largest absolute Gasteiger partial charge is 0.348 e. The number of aryl methyl sites for hydroxylation is 3. The first-order valence-electron chi connectivity index (χ1n) is 8.19. The maximum absolute atomic E-state index is 12.4. The predicted molar refractivity (Wildman–Crippen MR) is 92.8 cm³/mol.